The molecular formula is C18H24N4O3. The van der Waals surface area contributed by atoms with Crippen LogP contribution in [0.3, 0.4) is 0 Å². The molecule has 0 spiro atoms. The molecule has 7 heteroatoms. The molecule has 3 rings (SSSR count). The van der Waals surface area contributed by atoms with E-state index >= 15 is 0 Å². The van der Waals surface area contributed by atoms with Crippen molar-refractivity contribution in [3.8, 4) is 0 Å². The van der Waals surface area contributed by atoms with Crippen molar-refractivity contribution in [2.75, 3.05) is 19.7 Å². The van der Waals surface area contributed by atoms with E-state index in [-0.39, 0.29) is 18.0 Å². The average Bonchev–Trinajstić information content (AvgIpc) is 2.93. The van der Waals surface area contributed by atoms with Gasteiger partial charge in [0.15, 0.2) is 0 Å². The molecule has 134 valence electrons. The zero-order chi connectivity index (χ0) is 18.0. The molecule has 7 nitrogen and oxygen atoms in total. The number of aromatic nitrogens is 2. The summed E-state index contributed by atoms with van der Waals surface area (Å²) in [6.07, 6.45) is 3.03. The van der Waals surface area contributed by atoms with E-state index in [9.17, 15) is 9.59 Å². The first-order chi connectivity index (χ1) is 12.0. The largest absolute Gasteiger partial charge is 0.450 e. The highest BCUT2D eigenvalue weighted by molar-refractivity contribution is 5.95. The number of nitrogens with one attached hydrogen (secondary N) is 1. The van der Waals surface area contributed by atoms with Crippen molar-refractivity contribution in [3.63, 3.8) is 0 Å². The van der Waals surface area contributed by atoms with Crippen molar-refractivity contribution in [2.24, 2.45) is 0 Å². The molecule has 0 bridgehead atoms. The van der Waals surface area contributed by atoms with Crippen LogP contribution < -0.4 is 5.32 Å². The zero-order valence-electron chi connectivity index (χ0n) is 14.9. The van der Waals surface area contributed by atoms with Crippen LogP contribution in [0.2, 0.25) is 0 Å². The Morgan fingerprint density at radius 1 is 1.32 bits per heavy atom. The molecule has 2 aromatic rings. The lowest BCUT2D eigenvalue weighted by molar-refractivity contribution is 0.0855. The maximum atomic E-state index is 12.8. The summed E-state index contributed by atoms with van der Waals surface area (Å²) in [5.41, 5.74) is 3.14. The van der Waals surface area contributed by atoms with Gasteiger partial charge in [-0.1, -0.05) is 6.07 Å². The molecule has 0 aliphatic carbocycles. The maximum absolute atomic E-state index is 12.8. The molecule has 1 aliphatic heterocycles. The third-order valence-corrected chi connectivity index (χ3v) is 4.59. The topological polar surface area (TPSA) is 75.9 Å². The van der Waals surface area contributed by atoms with Gasteiger partial charge in [-0.15, -0.1) is 0 Å². The van der Waals surface area contributed by atoms with Gasteiger partial charge < -0.3 is 15.0 Å². The summed E-state index contributed by atoms with van der Waals surface area (Å²) in [4.78, 5) is 30.7. The van der Waals surface area contributed by atoms with E-state index in [1.54, 1.807) is 11.8 Å². The van der Waals surface area contributed by atoms with Gasteiger partial charge in [-0.25, -0.2) is 9.78 Å². The van der Waals surface area contributed by atoms with Gasteiger partial charge in [0.2, 0.25) is 0 Å². The third-order valence-electron chi connectivity index (χ3n) is 4.59. The summed E-state index contributed by atoms with van der Waals surface area (Å²) in [6, 6.07) is 3.94. The summed E-state index contributed by atoms with van der Waals surface area (Å²) < 4.78 is 6.86. The fraction of sp³-hybridized carbons (Fsp3) is 0.500. The number of hydrogen-bond donors (Lipinski definition) is 1. The molecule has 1 saturated heterocycles. The van der Waals surface area contributed by atoms with Crippen molar-refractivity contribution < 1.29 is 14.3 Å². The van der Waals surface area contributed by atoms with Gasteiger partial charge in [-0.2, -0.15) is 0 Å². The fourth-order valence-corrected chi connectivity index (χ4v) is 3.27. The number of aryl methyl sites for hydroxylation is 2. The van der Waals surface area contributed by atoms with Crippen molar-refractivity contribution in [1.82, 2.24) is 19.6 Å². The molecule has 0 unspecified atom stereocenters. The van der Waals surface area contributed by atoms with E-state index in [0.717, 1.165) is 29.7 Å². The number of fused-ring (bicyclic) bond motifs is 1. The van der Waals surface area contributed by atoms with E-state index in [0.29, 0.717) is 25.4 Å². The molecule has 1 aliphatic rings. The lowest BCUT2D eigenvalue weighted by Gasteiger charge is -2.31. The van der Waals surface area contributed by atoms with Crippen LogP contribution >= 0.6 is 0 Å². The van der Waals surface area contributed by atoms with Gasteiger partial charge in [0.05, 0.1) is 12.3 Å². The number of nitrogens with zero attached hydrogens (tertiary/aromatic N) is 3. The number of ether oxygens (including phenoxy) is 1. The lowest BCUT2D eigenvalue weighted by atomic mass is 10.1. The molecule has 1 N–H and O–H groups in total. The number of pyridine rings is 1. The number of carbonyl (C=O) groups excluding carboxylic acids is 2. The van der Waals surface area contributed by atoms with Gasteiger partial charge in [-0.3, -0.25) is 9.20 Å². The monoisotopic (exact) mass is 344 g/mol. The Morgan fingerprint density at radius 2 is 2.04 bits per heavy atom. The Bertz CT molecular complexity index is 791. The molecule has 0 saturated carbocycles. The molecule has 25 heavy (non-hydrogen) atoms. The molecule has 0 atom stereocenters. The molecule has 0 radical (unpaired) electrons. The van der Waals surface area contributed by atoms with Crippen LogP contribution in [-0.4, -0.2) is 52.0 Å². The fourth-order valence-electron chi connectivity index (χ4n) is 3.27. The normalized spacial score (nSPS) is 15.4. The van der Waals surface area contributed by atoms with Crippen LogP contribution in [0.5, 0.6) is 0 Å². The first-order valence-electron chi connectivity index (χ1n) is 8.68. The number of rotatable bonds is 3. The summed E-state index contributed by atoms with van der Waals surface area (Å²) in [5, 5.41) is 3.09. The average molecular weight is 344 g/mol. The minimum atomic E-state index is -0.277. The number of imidazole rings is 1. The quantitative estimate of drug-likeness (QED) is 0.927. The molecule has 3 heterocycles. The van der Waals surface area contributed by atoms with Crippen molar-refractivity contribution in [1.29, 1.82) is 0 Å². The molecular weight excluding hydrogens is 320 g/mol. The summed E-state index contributed by atoms with van der Waals surface area (Å²) in [7, 11) is 0. The molecule has 2 aromatic heterocycles. The zero-order valence-corrected chi connectivity index (χ0v) is 14.9. The first-order valence-corrected chi connectivity index (χ1v) is 8.68. The van der Waals surface area contributed by atoms with E-state index in [2.05, 4.69) is 10.3 Å². The number of amides is 2. The first kappa shape index (κ1) is 17.3. The van der Waals surface area contributed by atoms with Crippen LogP contribution in [0.4, 0.5) is 4.79 Å². The summed E-state index contributed by atoms with van der Waals surface area (Å²) in [6.45, 7) is 7.19. The Morgan fingerprint density at radius 3 is 2.72 bits per heavy atom. The van der Waals surface area contributed by atoms with E-state index in [4.69, 9.17) is 4.74 Å². The highest BCUT2D eigenvalue weighted by Gasteiger charge is 2.26. The third kappa shape index (κ3) is 3.45. The smallest absolute Gasteiger partial charge is 0.409 e. The molecule has 2 amide bonds. The minimum absolute atomic E-state index is 0.0490. The Kier molecular flexibility index (Phi) is 4.92. The standard InChI is InChI=1S/C18H24N4O3/c1-4-25-18(24)21-10-7-14(8-11-21)20-17(23)15-13(3)19-16-12(2)6-5-9-22(15)16/h5-6,9,14H,4,7-8,10-11H2,1-3H3,(H,20,23). The van der Waals surface area contributed by atoms with Gasteiger partial charge >= 0.3 is 6.09 Å². The van der Waals surface area contributed by atoms with Gasteiger partial charge in [0.1, 0.15) is 11.3 Å². The lowest BCUT2D eigenvalue weighted by Crippen LogP contribution is -2.47. The summed E-state index contributed by atoms with van der Waals surface area (Å²) >= 11 is 0. The van der Waals surface area contributed by atoms with Gasteiger partial charge in [0.25, 0.3) is 5.91 Å². The van der Waals surface area contributed by atoms with E-state index in [1.807, 2.05) is 36.6 Å². The molecule has 0 aromatic carbocycles. The number of hydrogen-bond acceptors (Lipinski definition) is 4. The maximum Gasteiger partial charge on any atom is 0.409 e. The van der Waals surface area contributed by atoms with Crippen LogP contribution in [-0.2, 0) is 4.74 Å². The van der Waals surface area contributed by atoms with Crippen LogP contribution in [0.15, 0.2) is 18.3 Å². The predicted octanol–water partition coefficient (Wildman–Crippen LogP) is 2.30. The molecule has 1 fully saturated rings. The van der Waals surface area contributed by atoms with Gasteiger partial charge in [-0.05, 0) is 45.2 Å². The second kappa shape index (κ2) is 7.13. The van der Waals surface area contributed by atoms with Crippen LogP contribution in [0.1, 0.15) is 41.5 Å². The highest BCUT2D eigenvalue weighted by Crippen LogP contribution is 2.17. The van der Waals surface area contributed by atoms with Gasteiger partial charge in [0, 0.05) is 25.3 Å². The van der Waals surface area contributed by atoms with Crippen molar-refractivity contribution in [3.05, 3.63) is 35.3 Å². The van der Waals surface area contributed by atoms with Crippen LogP contribution in [0, 0.1) is 13.8 Å². The second-order valence-electron chi connectivity index (χ2n) is 6.36. The number of carbonyl (C=O) groups is 2. The van der Waals surface area contributed by atoms with Crippen molar-refractivity contribution in [2.45, 2.75) is 39.7 Å². The highest BCUT2D eigenvalue weighted by atomic mass is 16.6. The predicted molar refractivity (Wildman–Crippen MR) is 93.7 cm³/mol. The van der Waals surface area contributed by atoms with E-state index < -0.39 is 0 Å². The minimum Gasteiger partial charge on any atom is -0.450 e. The SMILES string of the molecule is CCOC(=O)N1CCC(NC(=O)c2c(C)nc3c(C)cccn23)CC1. The second-order valence-corrected chi connectivity index (χ2v) is 6.36. The Labute approximate surface area is 147 Å². The number of likely N-dealkylation sites (tertiary alicyclic amines) is 1. The number of piperidine rings is 1. The van der Waals surface area contributed by atoms with Crippen LogP contribution in [0.25, 0.3) is 5.65 Å². The Balaban J connectivity index is 1.67. The summed E-state index contributed by atoms with van der Waals surface area (Å²) in [5.74, 6) is -0.120. The van der Waals surface area contributed by atoms with Crippen molar-refractivity contribution >= 4 is 17.6 Å². The van der Waals surface area contributed by atoms with E-state index in [1.165, 1.54) is 0 Å². The Hall–Kier alpha value is -2.57.